The number of benzene rings is 2. The number of hydrogen-bond donors (Lipinski definition) is 3. The van der Waals surface area contributed by atoms with E-state index >= 15 is 0 Å². The van der Waals surface area contributed by atoms with Crippen molar-refractivity contribution in [3.63, 3.8) is 0 Å². The van der Waals surface area contributed by atoms with E-state index in [1.807, 2.05) is 0 Å². The van der Waals surface area contributed by atoms with Gasteiger partial charge < -0.3 is 19.7 Å². The SMILES string of the molecule is O=C(O)CNC1(Nc2cnc(Oc3ccc4c(c3)c(=O)ncn4Cc3c(F)cc(F)cc3F)c(C(F)(F)F)c2)CC1. The topological polar surface area (TPSA) is 118 Å². The fourth-order valence-corrected chi connectivity index (χ4v) is 4.18. The van der Waals surface area contributed by atoms with Crippen molar-refractivity contribution in [2.75, 3.05) is 11.9 Å². The summed E-state index contributed by atoms with van der Waals surface area (Å²) in [6, 6.07) is 5.42. The molecule has 0 amide bonds. The minimum Gasteiger partial charge on any atom is -0.480 e. The first kappa shape index (κ1) is 27.9. The van der Waals surface area contributed by atoms with E-state index < -0.39 is 64.4 Å². The van der Waals surface area contributed by atoms with Crippen LogP contribution in [0.5, 0.6) is 11.6 Å². The molecule has 1 fully saturated rings. The molecule has 5 rings (SSSR count). The number of ether oxygens (including phenoxy) is 1. The van der Waals surface area contributed by atoms with Gasteiger partial charge in [0.1, 0.15) is 28.8 Å². The first-order valence-electron chi connectivity index (χ1n) is 12.0. The molecule has 2 aromatic carbocycles. The van der Waals surface area contributed by atoms with Gasteiger partial charge in [-0.15, -0.1) is 0 Å². The third-order valence-electron chi connectivity index (χ3n) is 6.34. The van der Waals surface area contributed by atoms with Crippen LogP contribution in [0.4, 0.5) is 32.0 Å². The summed E-state index contributed by atoms with van der Waals surface area (Å²) in [6.07, 6.45) is -1.79. The summed E-state index contributed by atoms with van der Waals surface area (Å²) in [6.45, 7) is -0.848. The summed E-state index contributed by atoms with van der Waals surface area (Å²) in [5.41, 5.74) is -3.26. The standard InChI is InChI=1S/C26H19F6N5O4/c27-13-5-19(28)17(20(29)6-13)11-37-12-34-23(40)16-8-15(1-2-21(16)37)41-24-18(26(30,31)32)7-14(9-33-24)36-25(3-4-25)35-10-22(38)39/h1-2,5-9,12,35-36H,3-4,10-11H2,(H,38,39). The number of halogens is 6. The molecule has 4 aromatic rings. The minimum absolute atomic E-state index is 0.0223. The van der Waals surface area contributed by atoms with Gasteiger partial charge in [-0.1, -0.05) is 0 Å². The van der Waals surface area contributed by atoms with Crippen LogP contribution < -0.4 is 20.9 Å². The van der Waals surface area contributed by atoms with Gasteiger partial charge in [0.05, 0.1) is 47.9 Å². The van der Waals surface area contributed by atoms with Crippen LogP contribution in [0, 0.1) is 17.5 Å². The molecule has 3 N–H and O–H groups in total. The number of carbonyl (C=O) groups is 1. The van der Waals surface area contributed by atoms with E-state index in [1.54, 1.807) is 0 Å². The Morgan fingerprint density at radius 1 is 1.07 bits per heavy atom. The van der Waals surface area contributed by atoms with Gasteiger partial charge in [-0.3, -0.25) is 14.9 Å². The van der Waals surface area contributed by atoms with Crippen LogP contribution in [0.1, 0.15) is 24.0 Å². The van der Waals surface area contributed by atoms with Crippen LogP contribution in [0.3, 0.4) is 0 Å². The molecule has 0 saturated heterocycles. The molecule has 2 heterocycles. The van der Waals surface area contributed by atoms with Gasteiger partial charge in [-0.2, -0.15) is 18.2 Å². The molecule has 15 heteroatoms. The summed E-state index contributed by atoms with van der Waals surface area (Å²) >= 11 is 0. The number of nitrogens with one attached hydrogen (secondary N) is 2. The monoisotopic (exact) mass is 579 g/mol. The molecule has 0 spiro atoms. The highest BCUT2D eigenvalue weighted by Crippen LogP contribution is 2.41. The zero-order valence-electron chi connectivity index (χ0n) is 20.7. The Kier molecular flexibility index (Phi) is 7.07. The smallest absolute Gasteiger partial charge is 0.421 e. The van der Waals surface area contributed by atoms with Crippen molar-refractivity contribution < 1.29 is 41.0 Å². The Bertz CT molecular complexity index is 1700. The molecule has 9 nitrogen and oxygen atoms in total. The van der Waals surface area contributed by atoms with Crippen LogP contribution in [-0.4, -0.2) is 37.8 Å². The second-order valence-corrected chi connectivity index (χ2v) is 9.34. The first-order chi connectivity index (χ1) is 19.3. The maximum atomic E-state index is 14.2. The van der Waals surface area contributed by atoms with Gasteiger partial charge in [-0.25, -0.2) is 18.2 Å². The molecule has 214 valence electrons. The Morgan fingerprint density at radius 3 is 2.41 bits per heavy atom. The summed E-state index contributed by atoms with van der Waals surface area (Å²) in [7, 11) is 0. The second kappa shape index (κ2) is 10.4. The number of anilines is 1. The summed E-state index contributed by atoms with van der Waals surface area (Å²) < 4.78 is 90.0. The molecule has 41 heavy (non-hydrogen) atoms. The molecule has 1 aliphatic carbocycles. The molecule has 1 saturated carbocycles. The predicted octanol–water partition coefficient (Wildman–Crippen LogP) is 4.64. The van der Waals surface area contributed by atoms with Gasteiger partial charge in [0.15, 0.2) is 0 Å². The highest BCUT2D eigenvalue weighted by Gasteiger charge is 2.43. The Morgan fingerprint density at radius 2 is 1.78 bits per heavy atom. The lowest BCUT2D eigenvalue weighted by Gasteiger charge is -2.21. The second-order valence-electron chi connectivity index (χ2n) is 9.34. The molecule has 1 aliphatic rings. The fraction of sp³-hybridized carbons (Fsp3) is 0.231. The summed E-state index contributed by atoms with van der Waals surface area (Å²) in [5.74, 6) is -5.54. The summed E-state index contributed by atoms with van der Waals surface area (Å²) in [5, 5.41) is 14.3. The van der Waals surface area contributed by atoms with Crippen molar-refractivity contribution in [2.24, 2.45) is 0 Å². The quantitative estimate of drug-likeness (QED) is 0.194. The van der Waals surface area contributed by atoms with Crippen molar-refractivity contribution in [2.45, 2.75) is 31.2 Å². The molecular weight excluding hydrogens is 560 g/mol. The number of carboxylic acid groups (broad SMARTS) is 1. The third-order valence-corrected chi connectivity index (χ3v) is 6.34. The molecule has 0 atom stereocenters. The van der Waals surface area contributed by atoms with Crippen LogP contribution in [0.25, 0.3) is 10.9 Å². The zero-order valence-corrected chi connectivity index (χ0v) is 20.7. The number of nitrogens with zero attached hydrogens (tertiary/aromatic N) is 3. The van der Waals surface area contributed by atoms with Crippen LogP contribution >= 0.6 is 0 Å². The van der Waals surface area contributed by atoms with E-state index in [4.69, 9.17) is 9.84 Å². The first-order valence-corrected chi connectivity index (χ1v) is 12.0. The van der Waals surface area contributed by atoms with E-state index in [2.05, 4.69) is 20.6 Å². The lowest BCUT2D eigenvalue weighted by Crippen LogP contribution is -2.41. The molecule has 0 radical (unpaired) electrons. The predicted molar refractivity (Wildman–Crippen MR) is 132 cm³/mol. The molecule has 2 aromatic heterocycles. The van der Waals surface area contributed by atoms with E-state index in [1.165, 1.54) is 16.7 Å². The van der Waals surface area contributed by atoms with E-state index in [-0.39, 0.29) is 28.9 Å². The van der Waals surface area contributed by atoms with Gasteiger partial charge in [-0.05, 0) is 37.1 Å². The number of alkyl halides is 3. The highest BCUT2D eigenvalue weighted by molar-refractivity contribution is 5.79. The molecule has 0 aliphatic heterocycles. The van der Waals surface area contributed by atoms with Crippen LogP contribution in [-0.2, 0) is 17.5 Å². The maximum absolute atomic E-state index is 14.2. The lowest BCUT2D eigenvalue weighted by molar-refractivity contribution is -0.139. The molecular formula is C26H19F6N5O4. The highest BCUT2D eigenvalue weighted by atomic mass is 19.4. The fourth-order valence-electron chi connectivity index (χ4n) is 4.18. The average Bonchev–Trinajstić information content (AvgIpc) is 3.66. The van der Waals surface area contributed by atoms with E-state index in [0.717, 1.165) is 24.7 Å². The van der Waals surface area contributed by atoms with E-state index in [0.29, 0.717) is 25.0 Å². The maximum Gasteiger partial charge on any atom is 0.421 e. The van der Waals surface area contributed by atoms with E-state index in [9.17, 15) is 35.9 Å². The number of aromatic nitrogens is 3. The zero-order chi connectivity index (χ0) is 29.5. The largest absolute Gasteiger partial charge is 0.480 e. The van der Waals surface area contributed by atoms with Gasteiger partial charge >= 0.3 is 12.1 Å². The average molecular weight is 579 g/mol. The Balaban J connectivity index is 1.44. The normalized spacial score (nSPS) is 14.2. The Hall–Kier alpha value is -4.66. The number of rotatable bonds is 9. The van der Waals surface area contributed by atoms with Crippen molar-refractivity contribution >= 4 is 22.6 Å². The Labute approximate surface area is 226 Å². The number of fused-ring (bicyclic) bond motifs is 1. The van der Waals surface area contributed by atoms with Gasteiger partial charge in [0.2, 0.25) is 5.88 Å². The van der Waals surface area contributed by atoms with Crippen LogP contribution in [0.2, 0.25) is 0 Å². The minimum atomic E-state index is -4.89. The number of pyridine rings is 1. The van der Waals surface area contributed by atoms with Gasteiger partial charge in [0.25, 0.3) is 5.56 Å². The van der Waals surface area contributed by atoms with Crippen molar-refractivity contribution in [3.8, 4) is 11.6 Å². The third kappa shape index (κ3) is 6.09. The lowest BCUT2D eigenvalue weighted by atomic mass is 10.1. The van der Waals surface area contributed by atoms with Crippen molar-refractivity contribution in [1.82, 2.24) is 19.9 Å². The van der Waals surface area contributed by atoms with Crippen molar-refractivity contribution in [3.05, 3.63) is 87.9 Å². The molecule has 0 bridgehead atoms. The van der Waals surface area contributed by atoms with Crippen LogP contribution in [0.15, 0.2) is 53.7 Å². The number of aliphatic carboxylic acids is 1. The van der Waals surface area contributed by atoms with Crippen molar-refractivity contribution in [1.29, 1.82) is 0 Å². The summed E-state index contributed by atoms with van der Waals surface area (Å²) in [4.78, 5) is 30.7. The number of hydrogen-bond acceptors (Lipinski definition) is 7. The molecule has 0 unspecified atom stereocenters. The number of carboxylic acids is 1. The van der Waals surface area contributed by atoms with Gasteiger partial charge in [0, 0.05) is 17.7 Å².